The molecular formula is C25H29N5O3. The van der Waals surface area contributed by atoms with Crippen molar-refractivity contribution >= 4 is 17.5 Å². The molecule has 3 aromatic rings. The molecule has 0 spiro atoms. The van der Waals surface area contributed by atoms with Crippen LogP contribution in [0.4, 0.5) is 16.3 Å². The Morgan fingerprint density at radius 1 is 0.879 bits per heavy atom. The van der Waals surface area contributed by atoms with Gasteiger partial charge < -0.3 is 24.6 Å². The fourth-order valence-corrected chi connectivity index (χ4v) is 3.81. The molecule has 2 aromatic carbocycles. The van der Waals surface area contributed by atoms with Gasteiger partial charge in [-0.05, 0) is 67.4 Å². The zero-order valence-electron chi connectivity index (χ0n) is 19.5. The van der Waals surface area contributed by atoms with E-state index in [1.165, 1.54) is 5.56 Å². The number of rotatable bonds is 5. The van der Waals surface area contributed by atoms with E-state index < -0.39 is 0 Å². The number of hydrogen-bond donors (Lipinski definition) is 1. The number of methoxy groups -OCH3 is 2. The van der Waals surface area contributed by atoms with Crippen molar-refractivity contribution in [2.24, 2.45) is 0 Å². The smallest absolute Gasteiger partial charge is 0.321 e. The van der Waals surface area contributed by atoms with Crippen LogP contribution < -0.4 is 19.7 Å². The molecular weight excluding hydrogens is 418 g/mol. The first-order valence-corrected chi connectivity index (χ1v) is 10.9. The molecule has 8 nitrogen and oxygen atoms in total. The van der Waals surface area contributed by atoms with E-state index in [2.05, 4.69) is 27.3 Å². The molecule has 0 aliphatic carbocycles. The van der Waals surface area contributed by atoms with Gasteiger partial charge in [0.05, 0.1) is 19.9 Å². The van der Waals surface area contributed by atoms with Crippen molar-refractivity contribution in [3.05, 3.63) is 59.7 Å². The fraction of sp³-hybridized carbons (Fsp3) is 0.320. The first kappa shape index (κ1) is 22.4. The third kappa shape index (κ3) is 5.00. The van der Waals surface area contributed by atoms with Crippen LogP contribution in [-0.2, 0) is 0 Å². The van der Waals surface area contributed by atoms with E-state index in [4.69, 9.17) is 9.47 Å². The molecule has 1 saturated heterocycles. The minimum atomic E-state index is -0.0792. The first-order chi connectivity index (χ1) is 16.0. The molecule has 1 aliphatic rings. The average molecular weight is 448 g/mol. The summed E-state index contributed by atoms with van der Waals surface area (Å²) in [5.41, 5.74) is 4.72. The van der Waals surface area contributed by atoms with Gasteiger partial charge in [0.2, 0.25) is 0 Å². The molecule has 172 valence electrons. The van der Waals surface area contributed by atoms with Gasteiger partial charge in [0.15, 0.2) is 5.82 Å². The maximum atomic E-state index is 12.7. The molecule has 1 N–H and O–H groups in total. The van der Waals surface area contributed by atoms with E-state index in [0.717, 1.165) is 28.4 Å². The third-order valence-corrected chi connectivity index (χ3v) is 5.98. The number of carbonyl (C=O) groups excluding carboxylic acids is 1. The standard InChI is InChI=1S/C25H29N5O3/c1-17-5-6-19(15-18(17)2)26-25(31)30-13-11-29(12-14-30)24-10-8-22(27-28-24)21-16-20(32-3)7-9-23(21)33-4/h5-10,15-16H,11-14H2,1-4H3,(H,26,31). The predicted octanol–water partition coefficient (Wildman–Crippen LogP) is 4.13. The Balaban J connectivity index is 1.38. The lowest BCUT2D eigenvalue weighted by Crippen LogP contribution is -2.50. The Labute approximate surface area is 194 Å². The Morgan fingerprint density at radius 3 is 2.30 bits per heavy atom. The molecule has 0 saturated carbocycles. The molecule has 0 bridgehead atoms. The molecule has 0 radical (unpaired) electrons. The Hall–Kier alpha value is -3.81. The quantitative estimate of drug-likeness (QED) is 0.634. The number of amides is 2. The van der Waals surface area contributed by atoms with E-state index in [1.807, 2.05) is 60.4 Å². The molecule has 2 heterocycles. The molecule has 1 aromatic heterocycles. The van der Waals surface area contributed by atoms with E-state index in [-0.39, 0.29) is 6.03 Å². The number of aromatic nitrogens is 2. The van der Waals surface area contributed by atoms with Crippen molar-refractivity contribution in [3.63, 3.8) is 0 Å². The van der Waals surface area contributed by atoms with E-state index in [1.54, 1.807) is 14.2 Å². The number of hydrogen-bond acceptors (Lipinski definition) is 6. The van der Waals surface area contributed by atoms with Gasteiger partial charge in [0, 0.05) is 37.4 Å². The highest BCUT2D eigenvalue weighted by Gasteiger charge is 2.22. The van der Waals surface area contributed by atoms with Crippen molar-refractivity contribution in [2.45, 2.75) is 13.8 Å². The Bertz CT molecular complexity index is 1130. The summed E-state index contributed by atoms with van der Waals surface area (Å²) in [5, 5.41) is 11.8. The molecule has 1 aliphatic heterocycles. The van der Waals surface area contributed by atoms with Crippen LogP contribution in [0, 0.1) is 13.8 Å². The number of piperazine rings is 1. The summed E-state index contributed by atoms with van der Waals surface area (Å²) in [6.07, 6.45) is 0. The normalized spacial score (nSPS) is 13.6. The van der Waals surface area contributed by atoms with Gasteiger partial charge in [0.25, 0.3) is 0 Å². The van der Waals surface area contributed by atoms with Crippen molar-refractivity contribution in [3.8, 4) is 22.8 Å². The number of ether oxygens (including phenoxy) is 2. The van der Waals surface area contributed by atoms with E-state index in [0.29, 0.717) is 37.6 Å². The number of urea groups is 1. The molecule has 33 heavy (non-hydrogen) atoms. The summed E-state index contributed by atoms with van der Waals surface area (Å²) in [7, 11) is 3.25. The first-order valence-electron chi connectivity index (χ1n) is 10.9. The lowest BCUT2D eigenvalue weighted by molar-refractivity contribution is 0.208. The second-order valence-corrected chi connectivity index (χ2v) is 8.05. The number of carbonyl (C=O) groups is 1. The maximum Gasteiger partial charge on any atom is 0.321 e. The predicted molar refractivity (Wildman–Crippen MR) is 129 cm³/mol. The van der Waals surface area contributed by atoms with Crippen LogP contribution in [0.15, 0.2) is 48.5 Å². The van der Waals surface area contributed by atoms with Crippen LogP contribution in [0.1, 0.15) is 11.1 Å². The zero-order valence-corrected chi connectivity index (χ0v) is 19.5. The van der Waals surface area contributed by atoms with Gasteiger partial charge in [-0.1, -0.05) is 6.07 Å². The van der Waals surface area contributed by atoms with E-state index in [9.17, 15) is 4.79 Å². The van der Waals surface area contributed by atoms with Crippen LogP contribution in [-0.4, -0.2) is 61.5 Å². The lowest BCUT2D eigenvalue weighted by atomic mass is 10.1. The molecule has 0 unspecified atom stereocenters. The van der Waals surface area contributed by atoms with Gasteiger partial charge in [-0.15, -0.1) is 10.2 Å². The highest BCUT2D eigenvalue weighted by Crippen LogP contribution is 2.32. The number of nitrogens with zero attached hydrogens (tertiary/aromatic N) is 4. The Morgan fingerprint density at radius 2 is 1.67 bits per heavy atom. The molecule has 0 atom stereocenters. The largest absolute Gasteiger partial charge is 0.497 e. The van der Waals surface area contributed by atoms with Gasteiger partial charge in [-0.3, -0.25) is 0 Å². The highest BCUT2D eigenvalue weighted by atomic mass is 16.5. The summed E-state index contributed by atoms with van der Waals surface area (Å²) in [6, 6.07) is 15.3. The van der Waals surface area contributed by atoms with Crippen LogP contribution in [0.2, 0.25) is 0 Å². The summed E-state index contributed by atoms with van der Waals surface area (Å²) in [4.78, 5) is 16.6. The number of anilines is 2. The molecule has 1 fully saturated rings. The summed E-state index contributed by atoms with van der Waals surface area (Å²) in [6.45, 7) is 6.71. The minimum Gasteiger partial charge on any atom is -0.497 e. The number of nitrogens with one attached hydrogen (secondary N) is 1. The summed E-state index contributed by atoms with van der Waals surface area (Å²) < 4.78 is 10.8. The monoisotopic (exact) mass is 447 g/mol. The van der Waals surface area contributed by atoms with Crippen LogP contribution in [0.25, 0.3) is 11.3 Å². The van der Waals surface area contributed by atoms with Gasteiger partial charge in [0.1, 0.15) is 11.5 Å². The highest BCUT2D eigenvalue weighted by molar-refractivity contribution is 5.89. The number of aryl methyl sites for hydroxylation is 2. The molecule has 4 rings (SSSR count). The van der Waals surface area contributed by atoms with E-state index >= 15 is 0 Å². The summed E-state index contributed by atoms with van der Waals surface area (Å²) in [5.74, 6) is 2.22. The molecule has 8 heteroatoms. The second kappa shape index (κ2) is 9.77. The van der Waals surface area contributed by atoms with Crippen LogP contribution >= 0.6 is 0 Å². The minimum absolute atomic E-state index is 0.0792. The van der Waals surface area contributed by atoms with Crippen molar-refractivity contribution < 1.29 is 14.3 Å². The fourth-order valence-electron chi connectivity index (χ4n) is 3.81. The lowest BCUT2D eigenvalue weighted by Gasteiger charge is -2.35. The average Bonchev–Trinajstić information content (AvgIpc) is 2.86. The SMILES string of the molecule is COc1ccc(OC)c(-c2ccc(N3CCN(C(=O)Nc4ccc(C)c(C)c4)CC3)nn2)c1. The van der Waals surface area contributed by atoms with Crippen molar-refractivity contribution in [1.82, 2.24) is 15.1 Å². The van der Waals surface area contributed by atoms with Crippen molar-refractivity contribution in [2.75, 3.05) is 50.6 Å². The topological polar surface area (TPSA) is 79.8 Å². The maximum absolute atomic E-state index is 12.7. The van der Waals surface area contributed by atoms with Gasteiger partial charge >= 0.3 is 6.03 Å². The second-order valence-electron chi connectivity index (χ2n) is 8.05. The molecule has 2 amide bonds. The van der Waals surface area contributed by atoms with Crippen LogP contribution in [0.3, 0.4) is 0 Å². The van der Waals surface area contributed by atoms with Gasteiger partial charge in [-0.2, -0.15) is 0 Å². The van der Waals surface area contributed by atoms with Gasteiger partial charge in [-0.25, -0.2) is 4.79 Å². The summed E-state index contributed by atoms with van der Waals surface area (Å²) >= 11 is 0. The van der Waals surface area contributed by atoms with Crippen LogP contribution in [0.5, 0.6) is 11.5 Å². The Kier molecular flexibility index (Phi) is 6.63. The zero-order chi connectivity index (χ0) is 23.4. The number of benzene rings is 2. The van der Waals surface area contributed by atoms with Crippen molar-refractivity contribution in [1.29, 1.82) is 0 Å². The third-order valence-electron chi connectivity index (χ3n) is 5.98.